The highest BCUT2D eigenvalue weighted by molar-refractivity contribution is 6.11. The van der Waals surface area contributed by atoms with Gasteiger partial charge >= 0.3 is 0 Å². The average molecular weight is 273 g/mol. The van der Waals surface area contributed by atoms with E-state index >= 15 is 0 Å². The Hall–Kier alpha value is -1.72. The second-order valence-corrected chi connectivity index (χ2v) is 6.27. The predicted molar refractivity (Wildman–Crippen MR) is 69.9 cm³/mol. The molecule has 1 amide bonds. The van der Waals surface area contributed by atoms with Crippen LogP contribution in [-0.2, 0) is 24.7 Å². The van der Waals surface area contributed by atoms with Crippen molar-refractivity contribution in [1.29, 1.82) is 0 Å². The molecule has 3 aliphatic heterocycles. The van der Waals surface area contributed by atoms with Crippen LogP contribution >= 0.6 is 0 Å². The van der Waals surface area contributed by atoms with Crippen LogP contribution in [0.15, 0.2) is 24.3 Å². The number of ether oxygens (including phenoxy) is 2. The van der Waals surface area contributed by atoms with E-state index in [0.717, 1.165) is 0 Å². The molecule has 0 radical (unpaired) electrons. The second-order valence-electron chi connectivity index (χ2n) is 6.27. The third-order valence-electron chi connectivity index (χ3n) is 4.97. The lowest BCUT2D eigenvalue weighted by atomic mass is 9.73. The van der Waals surface area contributed by atoms with Crippen LogP contribution in [0.1, 0.15) is 26.3 Å². The molecule has 0 aromatic heterocycles. The van der Waals surface area contributed by atoms with Gasteiger partial charge < -0.3 is 14.8 Å². The minimum absolute atomic E-state index is 0.0851. The molecule has 1 aromatic carbocycles. The summed E-state index contributed by atoms with van der Waals surface area (Å²) in [7, 11) is 0. The zero-order valence-electron chi connectivity index (χ0n) is 11.5. The van der Waals surface area contributed by atoms with Crippen LogP contribution in [0.25, 0.3) is 0 Å². The number of nitrogens with one attached hydrogen (secondary N) is 1. The van der Waals surface area contributed by atoms with Gasteiger partial charge in [0.2, 0.25) is 5.60 Å². The van der Waals surface area contributed by atoms with Gasteiger partial charge in [-0.3, -0.25) is 9.59 Å². The first-order valence-electron chi connectivity index (χ1n) is 6.66. The van der Waals surface area contributed by atoms with Crippen LogP contribution in [0.4, 0.5) is 5.69 Å². The summed E-state index contributed by atoms with van der Waals surface area (Å²) < 4.78 is 11.9. The van der Waals surface area contributed by atoms with Gasteiger partial charge in [0.1, 0.15) is 0 Å². The van der Waals surface area contributed by atoms with Crippen LogP contribution in [0.3, 0.4) is 0 Å². The van der Waals surface area contributed by atoms with E-state index < -0.39 is 22.9 Å². The van der Waals surface area contributed by atoms with Gasteiger partial charge in [-0.05, 0) is 26.8 Å². The molecule has 1 N–H and O–H groups in total. The zero-order valence-corrected chi connectivity index (χ0v) is 11.5. The first-order valence-corrected chi connectivity index (χ1v) is 6.66. The number of fused-ring (bicyclic) bond motifs is 5. The standard InChI is InChI=1S/C15H15NO4/c1-13(2)10(17)11-15(20-14(13,3)19-11)8-6-4-5-7-9(8)16-12(15)18/h4-7,11H,1-3H3,(H,16,18)/t11-,14-,15+/m1/s1. The largest absolute Gasteiger partial charge is 0.334 e. The number of rotatable bonds is 0. The van der Waals surface area contributed by atoms with Gasteiger partial charge in [0.25, 0.3) is 5.91 Å². The van der Waals surface area contributed by atoms with E-state index in [1.165, 1.54) is 0 Å². The SMILES string of the molecule is CC1(C)C(=O)[C@H]2O[C@]1(C)O[C@]21C(=O)Nc2ccccc21. The molecule has 0 saturated carbocycles. The summed E-state index contributed by atoms with van der Waals surface area (Å²) in [4.78, 5) is 25.1. The molecule has 2 fully saturated rings. The Labute approximate surface area is 116 Å². The lowest BCUT2D eigenvalue weighted by Gasteiger charge is -2.40. The van der Waals surface area contributed by atoms with Gasteiger partial charge in [0.15, 0.2) is 17.7 Å². The molecule has 104 valence electrons. The number of amides is 1. The van der Waals surface area contributed by atoms with Crippen LogP contribution in [0.2, 0.25) is 0 Å². The van der Waals surface area contributed by atoms with Gasteiger partial charge in [0.05, 0.1) is 5.41 Å². The Kier molecular flexibility index (Phi) is 1.88. The van der Waals surface area contributed by atoms with Gasteiger partial charge in [-0.1, -0.05) is 18.2 Å². The van der Waals surface area contributed by atoms with E-state index in [1.807, 2.05) is 12.1 Å². The van der Waals surface area contributed by atoms with Crippen LogP contribution < -0.4 is 5.32 Å². The van der Waals surface area contributed by atoms with Crippen molar-refractivity contribution in [1.82, 2.24) is 0 Å². The monoisotopic (exact) mass is 273 g/mol. The van der Waals surface area contributed by atoms with E-state index in [0.29, 0.717) is 11.3 Å². The number of Topliss-reactive ketones (excluding diaryl/α,β-unsaturated/α-hetero) is 1. The van der Waals surface area contributed by atoms with Crippen LogP contribution in [0, 0.1) is 5.41 Å². The molecule has 5 nitrogen and oxygen atoms in total. The number of para-hydroxylation sites is 1. The molecular formula is C15H15NO4. The molecule has 3 atom stereocenters. The van der Waals surface area contributed by atoms with Crippen molar-refractivity contribution < 1.29 is 19.1 Å². The molecule has 4 rings (SSSR count). The molecular weight excluding hydrogens is 258 g/mol. The van der Waals surface area contributed by atoms with E-state index in [-0.39, 0.29) is 11.7 Å². The summed E-state index contributed by atoms with van der Waals surface area (Å²) in [6.45, 7) is 5.32. The minimum atomic E-state index is -1.34. The summed E-state index contributed by atoms with van der Waals surface area (Å²) in [5, 5.41) is 2.78. The molecule has 0 unspecified atom stereocenters. The Morgan fingerprint density at radius 3 is 2.50 bits per heavy atom. The van der Waals surface area contributed by atoms with Crippen molar-refractivity contribution in [3.63, 3.8) is 0 Å². The van der Waals surface area contributed by atoms with Gasteiger partial charge in [-0.2, -0.15) is 0 Å². The summed E-state index contributed by atoms with van der Waals surface area (Å²) in [5.41, 5.74) is -0.732. The lowest BCUT2D eigenvalue weighted by molar-refractivity contribution is -0.221. The van der Waals surface area contributed by atoms with Crippen molar-refractivity contribution in [3.05, 3.63) is 29.8 Å². The lowest BCUT2D eigenvalue weighted by Crippen LogP contribution is -2.57. The zero-order chi connectivity index (χ0) is 14.3. The van der Waals surface area contributed by atoms with E-state index in [9.17, 15) is 9.59 Å². The number of carbonyl (C=O) groups is 2. The normalized spacial score (nSPS) is 40.2. The third-order valence-corrected chi connectivity index (χ3v) is 4.97. The third kappa shape index (κ3) is 1.01. The topological polar surface area (TPSA) is 64.6 Å². The molecule has 3 heterocycles. The minimum Gasteiger partial charge on any atom is -0.334 e. The van der Waals surface area contributed by atoms with E-state index in [1.54, 1.807) is 32.9 Å². The van der Waals surface area contributed by atoms with Gasteiger partial charge in [-0.15, -0.1) is 0 Å². The van der Waals surface area contributed by atoms with Crippen molar-refractivity contribution in [3.8, 4) is 0 Å². The number of anilines is 1. The van der Waals surface area contributed by atoms with E-state index in [2.05, 4.69) is 5.32 Å². The first-order chi connectivity index (χ1) is 9.33. The van der Waals surface area contributed by atoms with Crippen molar-refractivity contribution in [2.45, 2.75) is 38.3 Å². The van der Waals surface area contributed by atoms with Crippen LogP contribution in [-0.4, -0.2) is 23.6 Å². The highest BCUT2D eigenvalue weighted by Gasteiger charge is 2.77. The van der Waals surface area contributed by atoms with Crippen molar-refractivity contribution >= 4 is 17.4 Å². The smallest absolute Gasteiger partial charge is 0.264 e. The average Bonchev–Trinajstić information content (AvgIpc) is 2.92. The molecule has 0 aliphatic carbocycles. The fourth-order valence-electron chi connectivity index (χ4n) is 3.37. The first kappa shape index (κ1) is 12.1. The van der Waals surface area contributed by atoms with Crippen molar-refractivity contribution in [2.75, 3.05) is 5.32 Å². The van der Waals surface area contributed by atoms with Gasteiger partial charge in [0, 0.05) is 11.3 Å². The molecule has 2 saturated heterocycles. The second kappa shape index (κ2) is 3.13. The summed E-state index contributed by atoms with van der Waals surface area (Å²) in [6.07, 6.45) is -0.883. The predicted octanol–water partition coefficient (Wildman–Crippen LogP) is 1.57. The molecule has 5 heteroatoms. The summed E-state index contributed by atoms with van der Waals surface area (Å²) >= 11 is 0. The molecule has 2 bridgehead atoms. The molecule has 20 heavy (non-hydrogen) atoms. The Morgan fingerprint density at radius 1 is 1.15 bits per heavy atom. The fourth-order valence-corrected chi connectivity index (χ4v) is 3.37. The maximum absolute atomic E-state index is 12.6. The number of ketones is 1. The maximum atomic E-state index is 12.6. The number of benzene rings is 1. The molecule has 1 aromatic rings. The highest BCUT2D eigenvalue weighted by Crippen LogP contribution is 2.61. The molecule has 1 spiro atoms. The number of hydrogen-bond acceptors (Lipinski definition) is 4. The van der Waals surface area contributed by atoms with E-state index in [4.69, 9.17) is 9.47 Å². The Balaban J connectivity index is 1.94. The maximum Gasteiger partial charge on any atom is 0.264 e. The Morgan fingerprint density at radius 2 is 1.85 bits per heavy atom. The number of hydrogen-bond donors (Lipinski definition) is 1. The fraction of sp³-hybridized carbons (Fsp3) is 0.467. The van der Waals surface area contributed by atoms with Crippen molar-refractivity contribution in [2.24, 2.45) is 5.41 Å². The molecule has 3 aliphatic rings. The quantitative estimate of drug-likeness (QED) is 0.779. The Bertz CT molecular complexity index is 668. The highest BCUT2D eigenvalue weighted by atomic mass is 16.8. The summed E-state index contributed by atoms with van der Waals surface area (Å²) in [6, 6.07) is 7.27. The number of carbonyl (C=O) groups excluding carboxylic acids is 2. The van der Waals surface area contributed by atoms with Crippen LogP contribution in [0.5, 0.6) is 0 Å². The summed E-state index contributed by atoms with van der Waals surface area (Å²) in [5.74, 6) is -1.49. The van der Waals surface area contributed by atoms with Gasteiger partial charge in [-0.25, -0.2) is 0 Å².